The number of ether oxygens (including phenoxy) is 1. The Bertz CT molecular complexity index is 836. The predicted octanol–water partition coefficient (Wildman–Crippen LogP) is 4.78. The van der Waals surface area contributed by atoms with E-state index in [0.29, 0.717) is 5.92 Å². The second kappa shape index (κ2) is 8.54. The Morgan fingerprint density at radius 3 is 2.61 bits per heavy atom. The van der Waals surface area contributed by atoms with Crippen LogP contribution >= 0.6 is 0 Å². The van der Waals surface area contributed by atoms with Crippen LogP contribution in [-0.4, -0.2) is 52.5 Å². The molecule has 4 rings (SSSR count). The summed E-state index contributed by atoms with van der Waals surface area (Å²) in [7, 11) is 0. The van der Waals surface area contributed by atoms with Crippen LogP contribution in [0.1, 0.15) is 71.4 Å². The lowest BCUT2D eigenvalue weighted by molar-refractivity contribution is 0.00733. The molecule has 1 atom stereocenters. The first-order chi connectivity index (χ1) is 14.8. The zero-order valence-electron chi connectivity index (χ0n) is 18.8. The molecule has 9 heteroatoms. The Hall–Kier alpha value is -2.54. The van der Waals surface area contributed by atoms with Crippen LogP contribution < -0.4 is 4.90 Å². The Morgan fingerprint density at radius 1 is 1.29 bits per heavy atom. The SMILES string of the molecule is CC(C)(C)OC(=O)N(CC1CCC1)[C@@H]1CCCN(c2ccc(C3(N=[N+]=[N-])CC3)nn2)C1. The molecule has 3 aliphatic rings. The molecule has 1 aliphatic heterocycles. The number of hydrogen-bond acceptors (Lipinski definition) is 6. The van der Waals surface area contributed by atoms with Crippen molar-refractivity contribution in [3.8, 4) is 0 Å². The molecule has 1 saturated heterocycles. The van der Waals surface area contributed by atoms with Crippen LogP contribution in [0.2, 0.25) is 0 Å². The fourth-order valence-electron chi connectivity index (χ4n) is 4.42. The number of amides is 1. The van der Waals surface area contributed by atoms with Gasteiger partial charge in [-0.05, 0) is 82.9 Å². The number of azide groups is 1. The quantitative estimate of drug-likeness (QED) is 0.369. The second-order valence-corrected chi connectivity index (χ2v) is 10.2. The number of anilines is 1. The molecule has 31 heavy (non-hydrogen) atoms. The van der Waals surface area contributed by atoms with Gasteiger partial charge in [0.2, 0.25) is 0 Å². The van der Waals surface area contributed by atoms with Crippen molar-refractivity contribution in [1.82, 2.24) is 15.1 Å². The fraction of sp³-hybridized carbons (Fsp3) is 0.773. The van der Waals surface area contributed by atoms with Crippen molar-refractivity contribution in [2.45, 2.75) is 82.9 Å². The Kier molecular flexibility index (Phi) is 5.97. The molecule has 0 N–H and O–H groups in total. The summed E-state index contributed by atoms with van der Waals surface area (Å²) in [4.78, 5) is 20.1. The summed E-state index contributed by atoms with van der Waals surface area (Å²) in [5, 5.41) is 12.7. The van der Waals surface area contributed by atoms with E-state index in [2.05, 4.69) is 25.1 Å². The van der Waals surface area contributed by atoms with Gasteiger partial charge in [-0.2, -0.15) is 5.10 Å². The van der Waals surface area contributed by atoms with Crippen LogP contribution in [-0.2, 0) is 10.3 Å². The molecule has 1 aromatic rings. The van der Waals surface area contributed by atoms with Crippen LogP contribution in [0, 0.1) is 5.92 Å². The summed E-state index contributed by atoms with van der Waals surface area (Å²) in [6.07, 6.45) is 7.02. The molecule has 0 spiro atoms. The minimum Gasteiger partial charge on any atom is -0.444 e. The number of carbonyl (C=O) groups excluding carboxylic acids is 1. The molecule has 0 unspecified atom stereocenters. The van der Waals surface area contributed by atoms with E-state index in [1.807, 2.05) is 37.8 Å². The molecular weight excluding hydrogens is 394 g/mol. The lowest BCUT2D eigenvalue weighted by Gasteiger charge is -2.42. The summed E-state index contributed by atoms with van der Waals surface area (Å²) >= 11 is 0. The maximum atomic E-state index is 13.0. The van der Waals surface area contributed by atoms with Gasteiger partial charge in [0.25, 0.3) is 0 Å². The molecule has 2 aliphatic carbocycles. The minimum absolute atomic E-state index is 0.101. The Labute approximate surface area is 183 Å². The van der Waals surface area contributed by atoms with Crippen molar-refractivity contribution in [1.29, 1.82) is 0 Å². The fourth-order valence-corrected chi connectivity index (χ4v) is 4.42. The monoisotopic (exact) mass is 427 g/mol. The van der Waals surface area contributed by atoms with Gasteiger partial charge >= 0.3 is 6.09 Å². The summed E-state index contributed by atoms with van der Waals surface area (Å²) in [5.41, 5.74) is 8.54. The zero-order valence-corrected chi connectivity index (χ0v) is 18.8. The maximum absolute atomic E-state index is 13.0. The molecule has 0 bridgehead atoms. The number of rotatable bonds is 6. The van der Waals surface area contributed by atoms with Crippen LogP contribution in [0.25, 0.3) is 10.4 Å². The molecule has 168 valence electrons. The van der Waals surface area contributed by atoms with Gasteiger partial charge in [-0.1, -0.05) is 11.5 Å². The minimum atomic E-state index is -0.505. The van der Waals surface area contributed by atoms with Gasteiger partial charge in [0.15, 0.2) is 5.82 Å². The van der Waals surface area contributed by atoms with Gasteiger partial charge in [-0.3, -0.25) is 0 Å². The summed E-state index contributed by atoms with van der Waals surface area (Å²) in [5.74, 6) is 1.38. The van der Waals surface area contributed by atoms with E-state index in [0.717, 1.165) is 56.8 Å². The third kappa shape index (κ3) is 5.03. The number of piperidine rings is 1. The molecular formula is C22H33N7O2. The first-order valence-corrected chi connectivity index (χ1v) is 11.4. The molecule has 0 radical (unpaired) electrons. The van der Waals surface area contributed by atoms with E-state index in [-0.39, 0.29) is 12.1 Å². The van der Waals surface area contributed by atoms with Crippen LogP contribution in [0.5, 0.6) is 0 Å². The third-order valence-electron chi connectivity index (χ3n) is 6.56. The van der Waals surface area contributed by atoms with Crippen molar-refractivity contribution < 1.29 is 9.53 Å². The third-order valence-corrected chi connectivity index (χ3v) is 6.56. The van der Waals surface area contributed by atoms with Crippen LogP contribution in [0.15, 0.2) is 17.2 Å². The largest absolute Gasteiger partial charge is 0.444 e. The first-order valence-electron chi connectivity index (χ1n) is 11.4. The van der Waals surface area contributed by atoms with Crippen molar-refractivity contribution in [3.05, 3.63) is 28.3 Å². The van der Waals surface area contributed by atoms with Crippen molar-refractivity contribution in [2.75, 3.05) is 24.5 Å². The van der Waals surface area contributed by atoms with Crippen LogP contribution in [0.3, 0.4) is 0 Å². The molecule has 9 nitrogen and oxygen atoms in total. The number of aromatic nitrogens is 2. The smallest absolute Gasteiger partial charge is 0.410 e. The van der Waals surface area contributed by atoms with Crippen LogP contribution in [0.4, 0.5) is 10.6 Å². The van der Waals surface area contributed by atoms with E-state index in [4.69, 9.17) is 10.3 Å². The molecule has 1 aromatic heterocycles. The lowest BCUT2D eigenvalue weighted by atomic mass is 9.84. The van der Waals surface area contributed by atoms with Crippen molar-refractivity contribution in [2.24, 2.45) is 11.0 Å². The summed E-state index contributed by atoms with van der Waals surface area (Å²) in [6.45, 7) is 8.13. The standard InChI is InChI=1S/C22H33N7O2/c1-21(2,3)31-20(30)29(14-16-6-4-7-16)17-8-5-13-28(15-17)19-10-9-18(24-25-19)22(11-12-22)26-27-23/h9-10,16-17H,4-8,11-15H2,1-3H3/t17-/m1/s1. The Balaban J connectivity index is 1.46. The Morgan fingerprint density at radius 2 is 2.06 bits per heavy atom. The zero-order chi connectivity index (χ0) is 22.1. The van der Waals surface area contributed by atoms with E-state index in [9.17, 15) is 4.79 Å². The van der Waals surface area contributed by atoms with Crippen molar-refractivity contribution >= 4 is 11.9 Å². The maximum Gasteiger partial charge on any atom is 0.410 e. The van der Waals surface area contributed by atoms with Gasteiger partial charge in [0, 0.05) is 24.5 Å². The molecule has 1 amide bonds. The van der Waals surface area contributed by atoms with Gasteiger partial charge in [0.1, 0.15) is 5.60 Å². The molecule has 2 heterocycles. The van der Waals surface area contributed by atoms with E-state index < -0.39 is 11.1 Å². The molecule has 0 aromatic carbocycles. The highest BCUT2D eigenvalue weighted by atomic mass is 16.6. The topological polar surface area (TPSA) is 107 Å². The lowest BCUT2D eigenvalue weighted by Crippen LogP contribution is -2.53. The van der Waals surface area contributed by atoms with E-state index in [1.54, 1.807) is 0 Å². The van der Waals surface area contributed by atoms with Gasteiger partial charge in [0.05, 0.1) is 17.3 Å². The second-order valence-electron chi connectivity index (χ2n) is 10.2. The summed E-state index contributed by atoms with van der Waals surface area (Å²) in [6, 6.07) is 3.98. The van der Waals surface area contributed by atoms with E-state index >= 15 is 0 Å². The predicted molar refractivity (Wildman–Crippen MR) is 118 cm³/mol. The first kappa shape index (κ1) is 21.7. The molecule has 2 saturated carbocycles. The van der Waals surface area contributed by atoms with E-state index in [1.165, 1.54) is 19.3 Å². The van der Waals surface area contributed by atoms with Gasteiger partial charge in [-0.15, -0.1) is 5.10 Å². The highest BCUT2D eigenvalue weighted by molar-refractivity contribution is 5.68. The van der Waals surface area contributed by atoms with Gasteiger partial charge < -0.3 is 14.5 Å². The number of carbonyl (C=O) groups is 1. The number of nitrogens with zero attached hydrogens (tertiary/aromatic N) is 7. The number of hydrogen-bond donors (Lipinski definition) is 0. The highest BCUT2D eigenvalue weighted by Crippen LogP contribution is 2.48. The normalized spacial score (nSPS) is 22.8. The molecule has 3 fully saturated rings. The highest BCUT2D eigenvalue weighted by Gasteiger charge is 2.45. The summed E-state index contributed by atoms with van der Waals surface area (Å²) < 4.78 is 5.75. The average molecular weight is 428 g/mol. The van der Waals surface area contributed by atoms with Gasteiger partial charge in [-0.25, -0.2) is 4.79 Å². The average Bonchev–Trinajstić information content (AvgIpc) is 3.47. The van der Waals surface area contributed by atoms with Crippen molar-refractivity contribution in [3.63, 3.8) is 0 Å².